The number of fused-ring (bicyclic) bond motifs is 5. The monoisotopic (exact) mass is 631 g/mol. The Morgan fingerprint density at radius 3 is 2.46 bits per heavy atom. The van der Waals surface area contributed by atoms with Gasteiger partial charge in [0, 0.05) is 39.3 Å². The normalized spacial score (nSPS) is 18.2. The summed E-state index contributed by atoms with van der Waals surface area (Å²) in [6, 6.07) is 21.8. The van der Waals surface area contributed by atoms with Gasteiger partial charge < -0.3 is 9.32 Å². The Balaban J connectivity index is 1.69. The third kappa shape index (κ3) is 7.04. The molecule has 6 rings (SSSR count). The van der Waals surface area contributed by atoms with Crippen molar-refractivity contribution in [1.82, 2.24) is 4.90 Å². The van der Waals surface area contributed by atoms with Crippen molar-refractivity contribution < 1.29 is 20.9 Å². The summed E-state index contributed by atoms with van der Waals surface area (Å²) >= 11 is 0. The van der Waals surface area contributed by atoms with Crippen LogP contribution in [0.25, 0.3) is 50.4 Å². The van der Waals surface area contributed by atoms with Gasteiger partial charge in [-0.3, -0.25) is 0 Å². The number of nitrogens with zero attached hydrogens (tertiary/aromatic N) is 1. The molecule has 0 radical (unpaired) electrons. The van der Waals surface area contributed by atoms with Gasteiger partial charge in [0.15, 0.2) is 0 Å². The van der Waals surface area contributed by atoms with E-state index in [4.69, 9.17) is 18.1 Å². The molecule has 0 unspecified atom stereocenters. The van der Waals surface area contributed by atoms with Gasteiger partial charge >= 0.3 is 0 Å². The second kappa shape index (κ2) is 15.3. The van der Waals surface area contributed by atoms with Crippen molar-refractivity contribution in [1.29, 1.82) is 0 Å². The smallest absolute Gasteiger partial charge is 0.143 e. The van der Waals surface area contributed by atoms with Crippen molar-refractivity contribution in [3.05, 3.63) is 224 Å². The summed E-state index contributed by atoms with van der Waals surface area (Å²) in [5.74, 6) is 0. The Morgan fingerprint density at radius 2 is 1.58 bits per heavy atom. The van der Waals surface area contributed by atoms with Crippen LogP contribution in [0.4, 0.5) is 0 Å². The Labute approximate surface area is 299 Å². The molecule has 2 heteroatoms. The fraction of sp³-hybridized carbons (Fsp3) is 0. The van der Waals surface area contributed by atoms with E-state index in [1.807, 2.05) is 48.5 Å². The maximum Gasteiger partial charge on any atom is 0.143 e. The number of hydrogen-bond donors (Lipinski definition) is 0. The van der Waals surface area contributed by atoms with Gasteiger partial charge in [-0.15, -0.1) is 0 Å². The van der Waals surface area contributed by atoms with Crippen LogP contribution in [0.15, 0.2) is 211 Å². The van der Waals surface area contributed by atoms with Crippen LogP contribution in [-0.4, -0.2) is 4.90 Å². The van der Waals surface area contributed by atoms with Crippen molar-refractivity contribution in [2.24, 2.45) is 0 Å². The first-order valence-corrected chi connectivity index (χ1v) is 15.0. The summed E-state index contributed by atoms with van der Waals surface area (Å²) < 4.78 is 110. The van der Waals surface area contributed by atoms with E-state index in [-0.39, 0.29) is 35.0 Å². The highest BCUT2D eigenvalue weighted by Gasteiger charge is 2.14. The van der Waals surface area contributed by atoms with E-state index in [1.165, 1.54) is 11.0 Å². The predicted molar refractivity (Wildman–Crippen MR) is 208 cm³/mol. The number of para-hydroxylation sites is 1. The van der Waals surface area contributed by atoms with Crippen LogP contribution >= 0.6 is 0 Å². The molecule has 0 N–H and O–H groups in total. The Bertz CT molecular complexity index is 2910. The van der Waals surface area contributed by atoms with E-state index in [0.29, 0.717) is 28.8 Å². The van der Waals surface area contributed by atoms with Gasteiger partial charge in [-0.05, 0) is 58.5 Å². The first-order chi connectivity index (χ1) is 28.8. The highest BCUT2D eigenvalue weighted by atomic mass is 16.3. The maximum absolute atomic E-state index is 9.31. The minimum atomic E-state index is -0.690. The van der Waals surface area contributed by atoms with Crippen LogP contribution in [0.5, 0.6) is 0 Å². The molecule has 0 amide bonds. The van der Waals surface area contributed by atoms with Crippen molar-refractivity contribution in [3.63, 3.8) is 0 Å². The number of benzene rings is 5. The average molecular weight is 632 g/mol. The highest BCUT2D eigenvalue weighted by Crippen LogP contribution is 2.36. The summed E-state index contributed by atoms with van der Waals surface area (Å²) in [5.41, 5.74) is 1.54. The minimum absolute atomic E-state index is 0.0481. The Hall–Kier alpha value is -6.38. The molecule has 1 heterocycles. The topological polar surface area (TPSA) is 16.4 Å². The number of rotatable bonds is 12. The molecule has 0 saturated heterocycles. The van der Waals surface area contributed by atoms with E-state index in [2.05, 4.69) is 6.58 Å². The minimum Gasteiger partial charge on any atom is -0.455 e. The van der Waals surface area contributed by atoms with Crippen LogP contribution in [0.3, 0.4) is 0 Å². The molecular formula is C46H37NO. The molecule has 5 aromatic carbocycles. The zero-order valence-electron chi connectivity index (χ0n) is 37.8. The van der Waals surface area contributed by atoms with E-state index < -0.39 is 48.0 Å². The van der Waals surface area contributed by atoms with Crippen LogP contribution in [0.2, 0.25) is 0 Å². The third-order valence-corrected chi connectivity index (χ3v) is 7.36. The SMILES string of the molecule is [2H]C=C([2H])/C(=C([2H])\C([2H])=C\N(C(/C=C\C=C)=C\c1cccc2c1oc1c3ccccc3ccc21)/C(C([2H])=C[2H])=C([2H])/C([2H])=C/c1c([2H])cc([2H])c([2H])c1[2H])c1ccccc1. The van der Waals surface area contributed by atoms with Gasteiger partial charge in [-0.25, -0.2) is 0 Å². The molecule has 48 heavy (non-hydrogen) atoms. The molecule has 0 bridgehead atoms. The highest BCUT2D eigenvalue weighted by molar-refractivity contribution is 6.16. The number of hydrogen-bond acceptors (Lipinski definition) is 2. The van der Waals surface area contributed by atoms with Crippen molar-refractivity contribution in [2.45, 2.75) is 0 Å². The second-order valence-corrected chi connectivity index (χ2v) is 10.3. The molecule has 0 atom stereocenters. The van der Waals surface area contributed by atoms with Crippen LogP contribution in [0, 0.1) is 0 Å². The standard InChI is InChI=1S/C46H37NO/c1-4-7-27-41(34-39-25-17-30-43-44-32-31-38-24-14-15-29-42(38)46(44)48-45(39)43)47(33-18-26-36(5-2)37-22-12-9-13-23-37)40(6-3)28-16-21-35-19-10-8-11-20-35/h4-34H,1-3H2/b21-16+,27-7-,33-18+,36-26+,40-28+,41-34-/i2D,3D,5D,6D,8D,10D,16D,18D,19D,20D,26D,28D/b5-2?,6-3?,21-16+,27-7-,33-18+,36-26+,40-28+,41-34-. The molecule has 0 saturated carbocycles. The van der Waals surface area contributed by atoms with Gasteiger partial charge in [0.1, 0.15) is 11.2 Å². The quantitative estimate of drug-likeness (QED) is 0.125. The largest absolute Gasteiger partial charge is 0.455 e. The summed E-state index contributed by atoms with van der Waals surface area (Å²) in [4.78, 5) is 1.19. The Morgan fingerprint density at radius 1 is 0.750 bits per heavy atom. The molecule has 6 aromatic rings. The van der Waals surface area contributed by atoms with Gasteiger partial charge in [-0.1, -0.05) is 165 Å². The van der Waals surface area contributed by atoms with Crippen LogP contribution in [0.1, 0.15) is 33.1 Å². The van der Waals surface area contributed by atoms with Crippen molar-refractivity contribution in [2.75, 3.05) is 0 Å². The summed E-state index contributed by atoms with van der Waals surface area (Å²) in [6.45, 7) is 5.19. The molecule has 0 spiro atoms. The summed E-state index contributed by atoms with van der Waals surface area (Å²) in [6.07, 6.45) is 8.36. The molecule has 0 aliphatic carbocycles. The van der Waals surface area contributed by atoms with Gasteiger partial charge in [0.05, 0.1) is 16.4 Å². The van der Waals surface area contributed by atoms with Crippen molar-refractivity contribution >= 4 is 50.4 Å². The van der Waals surface area contributed by atoms with Crippen LogP contribution in [-0.2, 0) is 0 Å². The lowest BCUT2D eigenvalue weighted by molar-refractivity contribution is 0.618. The third-order valence-electron chi connectivity index (χ3n) is 7.36. The first-order valence-electron chi connectivity index (χ1n) is 21.1. The van der Waals surface area contributed by atoms with E-state index >= 15 is 0 Å². The van der Waals surface area contributed by atoms with Gasteiger partial charge in [0.2, 0.25) is 0 Å². The second-order valence-electron chi connectivity index (χ2n) is 10.3. The van der Waals surface area contributed by atoms with E-state index in [1.54, 1.807) is 54.6 Å². The Kier molecular flexibility index (Phi) is 6.36. The fourth-order valence-electron chi connectivity index (χ4n) is 5.13. The molecule has 232 valence electrons. The molecule has 2 nitrogen and oxygen atoms in total. The zero-order chi connectivity index (χ0) is 43.2. The first kappa shape index (κ1) is 20.0. The van der Waals surface area contributed by atoms with Crippen molar-refractivity contribution in [3.8, 4) is 0 Å². The molecular weight excluding hydrogens is 583 g/mol. The van der Waals surface area contributed by atoms with E-state index in [9.17, 15) is 2.74 Å². The molecule has 0 fully saturated rings. The maximum atomic E-state index is 9.31. The molecule has 0 aliphatic rings. The molecule has 0 aliphatic heterocycles. The zero-order valence-corrected chi connectivity index (χ0v) is 25.8. The van der Waals surface area contributed by atoms with Gasteiger partial charge in [0.25, 0.3) is 0 Å². The number of furan rings is 1. The van der Waals surface area contributed by atoms with Gasteiger partial charge in [-0.2, -0.15) is 0 Å². The molecule has 1 aromatic heterocycles. The van der Waals surface area contributed by atoms with E-state index in [0.717, 1.165) is 46.4 Å². The predicted octanol–water partition coefficient (Wildman–Crippen LogP) is 12.7. The van der Waals surface area contributed by atoms with Crippen LogP contribution < -0.4 is 0 Å². The lowest BCUT2D eigenvalue weighted by Crippen LogP contribution is -2.13. The summed E-state index contributed by atoms with van der Waals surface area (Å²) in [7, 11) is 0. The average Bonchev–Trinajstić information content (AvgIpc) is 3.65. The lowest BCUT2D eigenvalue weighted by atomic mass is 10.0. The lowest BCUT2D eigenvalue weighted by Gasteiger charge is -2.23. The fourth-order valence-corrected chi connectivity index (χ4v) is 5.13. The number of allylic oxidation sites excluding steroid dienone is 10. The summed E-state index contributed by atoms with van der Waals surface area (Å²) in [5, 5.41) is 3.53.